The van der Waals surface area contributed by atoms with E-state index in [4.69, 9.17) is 0 Å². The predicted molar refractivity (Wildman–Crippen MR) is 113 cm³/mol. The van der Waals surface area contributed by atoms with Crippen molar-refractivity contribution >= 4 is 39.8 Å². The minimum Gasteiger partial charge on any atom is -0.355 e. The van der Waals surface area contributed by atoms with E-state index < -0.39 is 15.7 Å². The number of guanidine groups is 1. The maximum Gasteiger partial charge on any atom is 0.193 e. The zero-order chi connectivity index (χ0) is 18.3. The van der Waals surface area contributed by atoms with E-state index in [2.05, 4.69) is 10.3 Å². The number of hydrogen-bond donors (Lipinski definition) is 1. The molecule has 0 aliphatic rings. The fourth-order valence-corrected chi connectivity index (χ4v) is 3.45. The zero-order valence-electron chi connectivity index (χ0n) is 14.7. The van der Waals surface area contributed by atoms with Crippen LogP contribution < -0.4 is 5.32 Å². The number of sulfone groups is 1. The SMILES string of the molecule is CN(C)C(=NCc1ccccc1)NCCS(=O)(=O)c1ccccc1F.I. The lowest BCUT2D eigenvalue weighted by atomic mass is 10.2. The summed E-state index contributed by atoms with van der Waals surface area (Å²) in [5.41, 5.74) is 1.06. The molecule has 0 saturated carbocycles. The van der Waals surface area contributed by atoms with Crippen LogP contribution in [0.2, 0.25) is 0 Å². The normalized spacial score (nSPS) is 11.6. The van der Waals surface area contributed by atoms with Gasteiger partial charge in [0, 0.05) is 20.6 Å². The molecule has 2 aromatic rings. The summed E-state index contributed by atoms with van der Waals surface area (Å²) >= 11 is 0. The Kier molecular flexibility index (Phi) is 9.00. The molecule has 1 N–H and O–H groups in total. The third-order valence-corrected chi connectivity index (χ3v) is 5.25. The van der Waals surface area contributed by atoms with Crippen molar-refractivity contribution in [3.63, 3.8) is 0 Å². The molecule has 8 heteroatoms. The van der Waals surface area contributed by atoms with Crippen LogP contribution in [0.15, 0.2) is 64.5 Å². The van der Waals surface area contributed by atoms with Gasteiger partial charge >= 0.3 is 0 Å². The highest BCUT2D eigenvalue weighted by molar-refractivity contribution is 14.0. The van der Waals surface area contributed by atoms with Crippen molar-refractivity contribution in [3.8, 4) is 0 Å². The van der Waals surface area contributed by atoms with Crippen LogP contribution in [0.25, 0.3) is 0 Å². The Morgan fingerprint density at radius 3 is 2.31 bits per heavy atom. The van der Waals surface area contributed by atoms with E-state index >= 15 is 0 Å². The molecule has 0 amide bonds. The topological polar surface area (TPSA) is 61.8 Å². The van der Waals surface area contributed by atoms with Gasteiger partial charge in [-0.1, -0.05) is 42.5 Å². The highest BCUT2D eigenvalue weighted by Crippen LogP contribution is 2.14. The number of hydrogen-bond acceptors (Lipinski definition) is 3. The molecule has 0 atom stereocenters. The van der Waals surface area contributed by atoms with Gasteiger partial charge in [-0.3, -0.25) is 0 Å². The molecule has 26 heavy (non-hydrogen) atoms. The van der Waals surface area contributed by atoms with Crippen LogP contribution in [0.5, 0.6) is 0 Å². The Morgan fingerprint density at radius 1 is 1.08 bits per heavy atom. The molecule has 0 unspecified atom stereocenters. The minimum absolute atomic E-state index is 0. The summed E-state index contributed by atoms with van der Waals surface area (Å²) < 4.78 is 38.2. The van der Waals surface area contributed by atoms with Crippen molar-refractivity contribution in [1.29, 1.82) is 0 Å². The molecule has 0 radical (unpaired) electrons. The van der Waals surface area contributed by atoms with E-state index in [1.165, 1.54) is 18.2 Å². The molecule has 0 fully saturated rings. The van der Waals surface area contributed by atoms with Crippen LogP contribution in [0, 0.1) is 5.82 Å². The summed E-state index contributed by atoms with van der Waals surface area (Å²) in [5, 5.41) is 3.01. The van der Waals surface area contributed by atoms with Crippen molar-refractivity contribution in [2.24, 2.45) is 4.99 Å². The smallest absolute Gasteiger partial charge is 0.193 e. The van der Waals surface area contributed by atoms with Gasteiger partial charge < -0.3 is 10.2 Å². The maximum atomic E-state index is 13.7. The largest absolute Gasteiger partial charge is 0.355 e. The second-order valence-electron chi connectivity index (χ2n) is 5.70. The summed E-state index contributed by atoms with van der Waals surface area (Å²) in [6.07, 6.45) is 0. The number of aliphatic imine (C=N–C) groups is 1. The lowest BCUT2D eigenvalue weighted by Crippen LogP contribution is -2.39. The summed E-state index contributed by atoms with van der Waals surface area (Å²) in [5.74, 6) is -0.368. The first-order chi connectivity index (χ1) is 11.9. The molecule has 0 bridgehead atoms. The summed E-state index contributed by atoms with van der Waals surface area (Å²) in [7, 11) is -0.0472. The lowest BCUT2D eigenvalue weighted by molar-refractivity contribution is 0.562. The number of nitrogens with one attached hydrogen (secondary N) is 1. The molecule has 0 aliphatic heterocycles. The van der Waals surface area contributed by atoms with Crippen molar-refractivity contribution in [1.82, 2.24) is 10.2 Å². The van der Waals surface area contributed by atoms with Gasteiger partial charge in [0.2, 0.25) is 0 Å². The highest BCUT2D eigenvalue weighted by Gasteiger charge is 2.18. The molecule has 0 aliphatic carbocycles. The summed E-state index contributed by atoms with van der Waals surface area (Å²) in [6, 6.07) is 15.2. The van der Waals surface area contributed by atoms with Gasteiger partial charge in [-0.2, -0.15) is 0 Å². The second-order valence-corrected chi connectivity index (χ2v) is 7.77. The summed E-state index contributed by atoms with van der Waals surface area (Å²) in [6.45, 7) is 0.629. The molecule has 2 aromatic carbocycles. The van der Waals surface area contributed by atoms with Gasteiger partial charge in [0.15, 0.2) is 15.8 Å². The summed E-state index contributed by atoms with van der Waals surface area (Å²) in [4.78, 5) is 5.97. The Hall–Kier alpha value is -1.68. The number of benzene rings is 2. The van der Waals surface area contributed by atoms with Crippen LogP contribution in [0.1, 0.15) is 5.56 Å². The van der Waals surface area contributed by atoms with Crippen LogP contribution in [0.4, 0.5) is 4.39 Å². The molecule has 0 spiro atoms. The third-order valence-electron chi connectivity index (χ3n) is 3.50. The van der Waals surface area contributed by atoms with Gasteiger partial charge in [-0.15, -0.1) is 24.0 Å². The first-order valence-corrected chi connectivity index (χ1v) is 9.52. The average Bonchev–Trinajstić information content (AvgIpc) is 2.58. The van der Waals surface area contributed by atoms with Gasteiger partial charge in [0.05, 0.1) is 12.3 Å². The molecule has 2 rings (SSSR count). The molecule has 0 aromatic heterocycles. The minimum atomic E-state index is -3.69. The standard InChI is InChI=1S/C18H22FN3O2S.HI/c1-22(2)18(21-14-15-8-4-3-5-9-15)20-12-13-25(23,24)17-11-7-6-10-16(17)19;/h3-11H,12-14H2,1-2H3,(H,20,21);1H. The first-order valence-electron chi connectivity index (χ1n) is 7.87. The number of nitrogens with zero attached hydrogens (tertiary/aromatic N) is 2. The molecule has 0 saturated heterocycles. The van der Waals surface area contributed by atoms with E-state index in [1.807, 2.05) is 44.4 Å². The number of halogens is 2. The van der Waals surface area contributed by atoms with Gasteiger partial charge in [0.1, 0.15) is 10.7 Å². The van der Waals surface area contributed by atoms with E-state index in [0.29, 0.717) is 12.5 Å². The maximum absolute atomic E-state index is 13.7. The van der Waals surface area contributed by atoms with Crippen LogP contribution in [-0.2, 0) is 16.4 Å². The van der Waals surface area contributed by atoms with Crippen LogP contribution in [0.3, 0.4) is 0 Å². The molecule has 0 heterocycles. The van der Waals surface area contributed by atoms with Crippen molar-refractivity contribution in [2.45, 2.75) is 11.4 Å². The van der Waals surface area contributed by atoms with E-state index in [9.17, 15) is 12.8 Å². The number of rotatable bonds is 6. The van der Waals surface area contributed by atoms with Crippen LogP contribution in [-0.4, -0.2) is 45.7 Å². The Labute approximate surface area is 171 Å². The van der Waals surface area contributed by atoms with Gasteiger partial charge in [0.25, 0.3) is 0 Å². The highest BCUT2D eigenvalue weighted by atomic mass is 127. The fraction of sp³-hybridized carbons (Fsp3) is 0.278. The van der Waals surface area contributed by atoms with Crippen molar-refractivity contribution in [3.05, 3.63) is 66.0 Å². The first kappa shape index (κ1) is 22.4. The van der Waals surface area contributed by atoms with E-state index in [-0.39, 0.29) is 41.2 Å². The fourth-order valence-electron chi connectivity index (χ4n) is 2.21. The van der Waals surface area contributed by atoms with Crippen LogP contribution >= 0.6 is 24.0 Å². The van der Waals surface area contributed by atoms with Crippen molar-refractivity contribution in [2.75, 3.05) is 26.4 Å². The molecular weight excluding hydrogens is 468 g/mol. The van der Waals surface area contributed by atoms with Gasteiger partial charge in [-0.25, -0.2) is 17.8 Å². The molecular formula is C18H23FIN3O2S. The average molecular weight is 491 g/mol. The van der Waals surface area contributed by atoms with E-state index in [1.54, 1.807) is 4.90 Å². The lowest BCUT2D eigenvalue weighted by Gasteiger charge is -2.17. The van der Waals surface area contributed by atoms with Crippen molar-refractivity contribution < 1.29 is 12.8 Å². The van der Waals surface area contributed by atoms with E-state index in [0.717, 1.165) is 11.6 Å². The Balaban J connectivity index is 0.00000338. The Bertz CT molecular complexity index is 827. The quantitative estimate of drug-likeness (QED) is 0.384. The molecule has 5 nitrogen and oxygen atoms in total. The second kappa shape index (κ2) is 10.5. The van der Waals surface area contributed by atoms with Gasteiger partial charge in [-0.05, 0) is 17.7 Å². The molecule has 142 valence electrons. The zero-order valence-corrected chi connectivity index (χ0v) is 17.9. The monoisotopic (exact) mass is 491 g/mol. The third kappa shape index (κ3) is 6.56. The Morgan fingerprint density at radius 2 is 1.69 bits per heavy atom. The predicted octanol–water partition coefficient (Wildman–Crippen LogP) is 2.92.